The van der Waals surface area contributed by atoms with E-state index in [9.17, 15) is 18.0 Å². The predicted octanol–water partition coefficient (Wildman–Crippen LogP) is 4.78. The maximum Gasteiger partial charge on any atom is 0.416 e. The Morgan fingerprint density at radius 2 is 1.93 bits per heavy atom. The number of fused-ring (bicyclic) bond motifs is 1. The van der Waals surface area contributed by atoms with Crippen LogP contribution in [0.4, 0.5) is 18.9 Å². The number of carbonyl (C=O) groups is 1. The highest BCUT2D eigenvalue weighted by atomic mass is 19.4. The summed E-state index contributed by atoms with van der Waals surface area (Å²) in [4.78, 5) is 15.6. The Labute approximate surface area is 171 Å². The van der Waals surface area contributed by atoms with Crippen LogP contribution in [0.3, 0.4) is 0 Å². The summed E-state index contributed by atoms with van der Waals surface area (Å²) in [6.45, 7) is 2.98. The summed E-state index contributed by atoms with van der Waals surface area (Å²) in [6, 6.07) is 10.5. The van der Waals surface area contributed by atoms with E-state index in [1.165, 1.54) is 12.1 Å². The fraction of sp³-hybridized carbons (Fsp3) is 0.318. The maximum absolute atomic E-state index is 12.6. The highest BCUT2D eigenvalue weighted by Gasteiger charge is 2.41. The summed E-state index contributed by atoms with van der Waals surface area (Å²) in [5.41, 5.74) is 1.10. The van der Waals surface area contributed by atoms with Crippen LogP contribution in [0, 0.1) is 5.41 Å². The number of rotatable bonds is 6. The molecular weight excluding hydrogens is 397 g/mol. The fourth-order valence-electron chi connectivity index (χ4n) is 3.25. The van der Waals surface area contributed by atoms with Crippen molar-refractivity contribution < 1.29 is 27.4 Å². The van der Waals surface area contributed by atoms with Crippen molar-refractivity contribution >= 4 is 22.5 Å². The summed E-state index contributed by atoms with van der Waals surface area (Å²) in [5.74, 6) is 0.519. The standard InChI is InChI=1S/C22H21F3N2O3/c1-21(12-29-13-21)20(28)27-19-11-26-18-7-6-16(10-17(18)19)30-9-8-14-2-4-15(5-3-14)22(23,24)25/h2-7,10-11,26H,8-9,12-13H2,1H3,(H,27,28). The fourth-order valence-corrected chi connectivity index (χ4v) is 3.25. The number of anilines is 1. The quantitative estimate of drug-likeness (QED) is 0.605. The molecule has 0 saturated carbocycles. The molecule has 0 unspecified atom stereocenters. The zero-order valence-electron chi connectivity index (χ0n) is 16.3. The molecule has 1 fully saturated rings. The normalized spacial score (nSPS) is 15.6. The number of aromatic amines is 1. The number of ether oxygens (including phenoxy) is 2. The summed E-state index contributed by atoms with van der Waals surface area (Å²) in [6.07, 6.45) is -2.13. The van der Waals surface area contributed by atoms with Crippen LogP contribution >= 0.6 is 0 Å². The summed E-state index contributed by atoms with van der Waals surface area (Å²) in [5, 5.41) is 3.76. The van der Waals surface area contributed by atoms with E-state index in [1.807, 2.05) is 19.1 Å². The summed E-state index contributed by atoms with van der Waals surface area (Å²) >= 11 is 0. The van der Waals surface area contributed by atoms with E-state index in [0.29, 0.717) is 37.7 Å². The van der Waals surface area contributed by atoms with E-state index in [1.54, 1.807) is 12.3 Å². The van der Waals surface area contributed by atoms with Crippen molar-refractivity contribution in [3.8, 4) is 5.75 Å². The summed E-state index contributed by atoms with van der Waals surface area (Å²) < 4.78 is 48.8. The lowest BCUT2D eigenvalue weighted by atomic mass is 9.87. The summed E-state index contributed by atoms with van der Waals surface area (Å²) in [7, 11) is 0. The molecule has 0 bridgehead atoms. The van der Waals surface area contributed by atoms with Gasteiger partial charge in [-0.2, -0.15) is 13.2 Å². The first-order valence-corrected chi connectivity index (χ1v) is 9.54. The predicted molar refractivity (Wildman–Crippen MR) is 106 cm³/mol. The molecule has 158 valence electrons. The second kappa shape index (κ2) is 7.68. The van der Waals surface area contributed by atoms with Gasteiger partial charge in [0, 0.05) is 23.5 Å². The number of nitrogens with one attached hydrogen (secondary N) is 2. The molecule has 1 aliphatic rings. The average molecular weight is 418 g/mol. The third-order valence-corrected chi connectivity index (χ3v) is 5.23. The molecule has 8 heteroatoms. The van der Waals surface area contributed by atoms with E-state index >= 15 is 0 Å². The van der Waals surface area contributed by atoms with Crippen LogP contribution < -0.4 is 10.1 Å². The molecule has 0 atom stereocenters. The third-order valence-electron chi connectivity index (χ3n) is 5.23. The number of alkyl halides is 3. The molecule has 1 aliphatic heterocycles. The van der Waals surface area contributed by atoms with Crippen LogP contribution in [0.25, 0.3) is 10.9 Å². The molecule has 2 heterocycles. The van der Waals surface area contributed by atoms with E-state index in [0.717, 1.165) is 28.6 Å². The molecule has 1 amide bonds. The molecule has 3 aromatic rings. The molecule has 0 aliphatic carbocycles. The third kappa shape index (κ3) is 4.14. The van der Waals surface area contributed by atoms with Gasteiger partial charge in [0.05, 0.1) is 36.5 Å². The lowest BCUT2D eigenvalue weighted by molar-refractivity contribution is -0.151. The van der Waals surface area contributed by atoms with E-state index in [2.05, 4.69) is 10.3 Å². The van der Waals surface area contributed by atoms with Crippen molar-refractivity contribution in [2.75, 3.05) is 25.1 Å². The number of benzene rings is 2. The molecule has 2 N–H and O–H groups in total. The lowest BCUT2D eigenvalue weighted by Gasteiger charge is -2.36. The Bertz CT molecular complexity index is 1050. The highest BCUT2D eigenvalue weighted by Crippen LogP contribution is 2.32. The van der Waals surface area contributed by atoms with Gasteiger partial charge in [-0.15, -0.1) is 0 Å². The molecule has 0 radical (unpaired) electrons. The van der Waals surface area contributed by atoms with Gasteiger partial charge in [0.2, 0.25) is 5.91 Å². The maximum atomic E-state index is 12.6. The van der Waals surface area contributed by atoms with Gasteiger partial charge in [-0.05, 0) is 42.8 Å². The van der Waals surface area contributed by atoms with E-state index < -0.39 is 17.2 Å². The zero-order valence-corrected chi connectivity index (χ0v) is 16.3. The van der Waals surface area contributed by atoms with Gasteiger partial charge in [0.1, 0.15) is 5.75 Å². The second-order valence-electron chi connectivity index (χ2n) is 7.71. The number of amides is 1. The minimum absolute atomic E-state index is 0.0942. The molecule has 2 aromatic carbocycles. The molecule has 5 nitrogen and oxygen atoms in total. The molecule has 1 saturated heterocycles. The zero-order chi connectivity index (χ0) is 21.4. The highest BCUT2D eigenvalue weighted by molar-refractivity contribution is 6.04. The molecule has 30 heavy (non-hydrogen) atoms. The minimum atomic E-state index is -4.34. The molecule has 0 spiro atoms. The van der Waals surface area contributed by atoms with Crippen molar-refractivity contribution in [1.29, 1.82) is 0 Å². The van der Waals surface area contributed by atoms with Crippen LogP contribution in [0.1, 0.15) is 18.1 Å². The first-order chi connectivity index (χ1) is 14.2. The molecule has 1 aromatic heterocycles. The monoisotopic (exact) mass is 418 g/mol. The Balaban J connectivity index is 1.39. The first-order valence-electron chi connectivity index (χ1n) is 9.54. The van der Waals surface area contributed by atoms with Gasteiger partial charge in [0.25, 0.3) is 0 Å². The molecular formula is C22H21F3N2O3. The smallest absolute Gasteiger partial charge is 0.416 e. The topological polar surface area (TPSA) is 63.4 Å². The minimum Gasteiger partial charge on any atom is -0.493 e. The van der Waals surface area contributed by atoms with Crippen LogP contribution in [0.5, 0.6) is 5.75 Å². The van der Waals surface area contributed by atoms with Gasteiger partial charge < -0.3 is 19.8 Å². The van der Waals surface area contributed by atoms with Gasteiger partial charge in [-0.3, -0.25) is 4.79 Å². The second-order valence-corrected chi connectivity index (χ2v) is 7.71. The number of hydrogen-bond acceptors (Lipinski definition) is 3. The number of aromatic nitrogens is 1. The SMILES string of the molecule is CC1(C(=O)Nc2c[nH]c3ccc(OCCc4ccc(C(F)(F)F)cc4)cc23)COC1. The number of H-pyrrole nitrogens is 1. The van der Waals surface area contributed by atoms with Crippen molar-refractivity contribution in [3.63, 3.8) is 0 Å². The van der Waals surface area contributed by atoms with Crippen molar-refractivity contribution in [2.24, 2.45) is 5.41 Å². The van der Waals surface area contributed by atoms with E-state index in [-0.39, 0.29) is 5.91 Å². The Kier molecular flexibility index (Phi) is 5.19. The number of halogens is 3. The van der Waals surface area contributed by atoms with Crippen molar-refractivity contribution in [3.05, 3.63) is 59.8 Å². The van der Waals surface area contributed by atoms with Crippen LogP contribution in [-0.4, -0.2) is 30.7 Å². The van der Waals surface area contributed by atoms with Crippen LogP contribution in [0.2, 0.25) is 0 Å². The van der Waals surface area contributed by atoms with E-state index in [4.69, 9.17) is 9.47 Å². The van der Waals surface area contributed by atoms with Gasteiger partial charge >= 0.3 is 6.18 Å². The number of hydrogen-bond donors (Lipinski definition) is 2. The van der Waals surface area contributed by atoms with Crippen LogP contribution in [-0.2, 0) is 22.1 Å². The first kappa shape index (κ1) is 20.3. The lowest BCUT2D eigenvalue weighted by Crippen LogP contribution is -2.49. The number of carbonyl (C=O) groups excluding carboxylic acids is 1. The van der Waals surface area contributed by atoms with Crippen LogP contribution in [0.15, 0.2) is 48.7 Å². The average Bonchev–Trinajstić information content (AvgIpc) is 3.08. The molecule has 4 rings (SSSR count). The van der Waals surface area contributed by atoms with Crippen molar-refractivity contribution in [2.45, 2.75) is 19.5 Å². The largest absolute Gasteiger partial charge is 0.493 e. The Morgan fingerprint density at radius 1 is 1.20 bits per heavy atom. The Morgan fingerprint density at radius 3 is 2.57 bits per heavy atom. The van der Waals surface area contributed by atoms with Crippen molar-refractivity contribution in [1.82, 2.24) is 4.98 Å². The van der Waals surface area contributed by atoms with Gasteiger partial charge in [0.15, 0.2) is 0 Å². The van der Waals surface area contributed by atoms with Gasteiger partial charge in [-0.25, -0.2) is 0 Å². The Hall–Kier alpha value is -3.00. The van der Waals surface area contributed by atoms with Gasteiger partial charge in [-0.1, -0.05) is 12.1 Å².